The molecule has 1 saturated heterocycles. The zero-order valence-corrected chi connectivity index (χ0v) is 15.2. The molecule has 0 spiro atoms. The minimum atomic E-state index is -0.626. The van der Waals surface area contributed by atoms with Gasteiger partial charge in [-0.1, -0.05) is 18.2 Å². The average Bonchev–Trinajstić information content (AvgIpc) is 3.23. The van der Waals surface area contributed by atoms with E-state index in [1.807, 2.05) is 30.3 Å². The van der Waals surface area contributed by atoms with E-state index in [0.29, 0.717) is 18.0 Å². The molecule has 1 amide bonds. The molecule has 1 N–H and O–H groups in total. The van der Waals surface area contributed by atoms with Gasteiger partial charge in [0.2, 0.25) is 6.10 Å². The summed E-state index contributed by atoms with van der Waals surface area (Å²) in [4.78, 5) is 16.2. The van der Waals surface area contributed by atoms with Gasteiger partial charge in [-0.05, 0) is 23.6 Å². The Bertz CT molecular complexity index is 731. The first kappa shape index (κ1) is 17.3. The first-order valence-corrected chi connectivity index (χ1v) is 9.70. The SMILES string of the molecule is O=C(NC[C@H](c1cccs1)N1CCOCC1)[C@H]1COc2ccccc2O1. The Hall–Kier alpha value is -2.09. The lowest BCUT2D eigenvalue weighted by atomic mass is 10.1. The summed E-state index contributed by atoms with van der Waals surface area (Å²) in [5.74, 6) is 1.15. The van der Waals surface area contributed by atoms with Gasteiger partial charge in [0.05, 0.1) is 19.3 Å². The highest BCUT2D eigenvalue weighted by Crippen LogP contribution is 2.31. The van der Waals surface area contributed by atoms with Crippen LogP contribution in [0.2, 0.25) is 0 Å². The molecule has 1 aromatic heterocycles. The predicted octanol–water partition coefficient (Wildman–Crippen LogP) is 2.08. The highest BCUT2D eigenvalue weighted by molar-refractivity contribution is 7.10. The topological polar surface area (TPSA) is 60.0 Å². The number of thiophene rings is 1. The summed E-state index contributed by atoms with van der Waals surface area (Å²) >= 11 is 1.71. The van der Waals surface area contributed by atoms with Gasteiger partial charge in [-0.2, -0.15) is 0 Å². The van der Waals surface area contributed by atoms with Crippen molar-refractivity contribution in [3.63, 3.8) is 0 Å². The van der Waals surface area contributed by atoms with Crippen molar-refractivity contribution in [3.8, 4) is 11.5 Å². The zero-order valence-electron chi connectivity index (χ0n) is 14.4. The normalized spacial score (nSPS) is 21.2. The van der Waals surface area contributed by atoms with E-state index in [1.54, 1.807) is 11.3 Å². The Morgan fingerprint density at radius 2 is 2.00 bits per heavy atom. The van der Waals surface area contributed by atoms with E-state index in [0.717, 1.165) is 26.3 Å². The van der Waals surface area contributed by atoms with Crippen LogP contribution in [0.4, 0.5) is 0 Å². The van der Waals surface area contributed by atoms with Crippen LogP contribution >= 0.6 is 11.3 Å². The number of amides is 1. The third-order valence-corrected chi connectivity index (χ3v) is 5.60. The molecule has 2 aromatic rings. The smallest absolute Gasteiger partial charge is 0.264 e. The van der Waals surface area contributed by atoms with Crippen molar-refractivity contribution >= 4 is 17.2 Å². The average molecular weight is 374 g/mol. The number of morpholine rings is 1. The molecule has 2 atom stereocenters. The molecule has 2 aliphatic rings. The Balaban J connectivity index is 1.39. The maximum Gasteiger partial charge on any atom is 0.264 e. The molecule has 6 nitrogen and oxygen atoms in total. The van der Waals surface area contributed by atoms with Crippen LogP contribution in [0.1, 0.15) is 10.9 Å². The number of benzene rings is 1. The molecule has 0 aliphatic carbocycles. The fourth-order valence-electron chi connectivity index (χ4n) is 3.24. The number of fused-ring (bicyclic) bond motifs is 1. The lowest BCUT2D eigenvalue weighted by Crippen LogP contribution is -2.48. The second kappa shape index (κ2) is 8.07. The number of para-hydroxylation sites is 2. The summed E-state index contributed by atoms with van der Waals surface area (Å²) in [6, 6.07) is 11.7. The molecular weight excluding hydrogens is 352 g/mol. The van der Waals surface area contributed by atoms with Gasteiger partial charge in [0, 0.05) is 24.5 Å². The highest BCUT2D eigenvalue weighted by atomic mass is 32.1. The molecule has 7 heteroatoms. The first-order valence-electron chi connectivity index (χ1n) is 8.82. The van der Waals surface area contributed by atoms with Gasteiger partial charge in [-0.15, -0.1) is 11.3 Å². The van der Waals surface area contributed by atoms with Crippen LogP contribution in [0, 0.1) is 0 Å². The lowest BCUT2D eigenvalue weighted by molar-refractivity contribution is -0.130. The Labute approximate surface area is 156 Å². The first-order chi connectivity index (χ1) is 12.8. The van der Waals surface area contributed by atoms with Crippen LogP contribution in [-0.4, -0.2) is 56.4 Å². The molecule has 138 valence electrons. The Morgan fingerprint density at radius 3 is 2.77 bits per heavy atom. The second-order valence-corrected chi connectivity index (χ2v) is 7.27. The van der Waals surface area contributed by atoms with Crippen molar-refractivity contribution in [3.05, 3.63) is 46.7 Å². The minimum absolute atomic E-state index is 0.144. The van der Waals surface area contributed by atoms with Crippen LogP contribution in [0.5, 0.6) is 11.5 Å². The standard InChI is InChI=1S/C19H22N2O4S/c22-19(17-13-24-15-4-1-2-5-16(15)25-17)20-12-14(18-6-3-11-26-18)21-7-9-23-10-8-21/h1-6,11,14,17H,7-10,12-13H2,(H,20,22)/t14-,17-/m1/s1. The number of nitrogens with one attached hydrogen (secondary N) is 1. The summed E-state index contributed by atoms with van der Waals surface area (Å²) in [6.07, 6.45) is -0.626. The number of nitrogens with zero attached hydrogens (tertiary/aromatic N) is 1. The van der Waals surface area contributed by atoms with Crippen LogP contribution in [0.15, 0.2) is 41.8 Å². The van der Waals surface area contributed by atoms with Gasteiger partial charge in [-0.3, -0.25) is 9.69 Å². The highest BCUT2D eigenvalue weighted by Gasteiger charge is 2.29. The van der Waals surface area contributed by atoms with E-state index in [9.17, 15) is 4.79 Å². The van der Waals surface area contributed by atoms with Gasteiger partial charge >= 0.3 is 0 Å². The summed E-state index contributed by atoms with van der Waals surface area (Å²) < 4.78 is 16.9. The van der Waals surface area contributed by atoms with E-state index >= 15 is 0 Å². The Kier molecular flexibility index (Phi) is 5.38. The predicted molar refractivity (Wildman–Crippen MR) is 98.8 cm³/mol. The van der Waals surface area contributed by atoms with Crippen LogP contribution in [-0.2, 0) is 9.53 Å². The zero-order chi connectivity index (χ0) is 17.8. The third-order valence-electron chi connectivity index (χ3n) is 4.63. The quantitative estimate of drug-likeness (QED) is 0.868. The molecule has 0 unspecified atom stereocenters. The van der Waals surface area contributed by atoms with E-state index in [1.165, 1.54) is 4.88 Å². The number of hydrogen-bond acceptors (Lipinski definition) is 6. The van der Waals surface area contributed by atoms with Crippen molar-refractivity contribution in [2.45, 2.75) is 12.1 Å². The van der Waals surface area contributed by atoms with Crippen molar-refractivity contribution in [1.82, 2.24) is 10.2 Å². The second-order valence-electron chi connectivity index (χ2n) is 6.29. The number of carbonyl (C=O) groups is 1. The summed E-state index contributed by atoms with van der Waals surface area (Å²) in [6.45, 7) is 3.97. The molecule has 1 aromatic carbocycles. The van der Waals surface area contributed by atoms with Crippen LogP contribution < -0.4 is 14.8 Å². The fraction of sp³-hybridized carbons (Fsp3) is 0.421. The lowest BCUT2D eigenvalue weighted by Gasteiger charge is -2.34. The molecule has 0 bridgehead atoms. The number of rotatable bonds is 5. The van der Waals surface area contributed by atoms with Crippen LogP contribution in [0.25, 0.3) is 0 Å². The summed E-state index contributed by atoms with van der Waals surface area (Å²) in [5.41, 5.74) is 0. The molecule has 4 rings (SSSR count). The monoisotopic (exact) mass is 374 g/mol. The van der Waals surface area contributed by atoms with Crippen molar-refractivity contribution in [1.29, 1.82) is 0 Å². The summed E-state index contributed by atoms with van der Waals surface area (Å²) in [5, 5.41) is 5.12. The third kappa shape index (κ3) is 3.85. The molecule has 0 saturated carbocycles. The Morgan fingerprint density at radius 1 is 1.19 bits per heavy atom. The van der Waals surface area contributed by atoms with Crippen molar-refractivity contribution in [2.75, 3.05) is 39.5 Å². The number of carbonyl (C=O) groups excluding carboxylic acids is 1. The van der Waals surface area contributed by atoms with Crippen molar-refractivity contribution < 1.29 is 19.0 Å². The minimum Gasteiger partial charge on any atom is -0.485 e. The maximum absolute atomic E-state index is 12.6. The fourth-order valence-corrected chi connectivity index (χ4v) is 4.10. The van der Waals surface area contributed by atoms with Gasteiger partial charge < -0.3 is 19.5 Å². The number of ether oxygens (including phenoxy) is 3. The summed E-state index contributed by atoms with van der Waals surface area (Å²) in [7, 11) is 0. The molecule has 2 aliphatic heterocycles. The largest absolute Gasteiger partial charge is 0.485 e. The molecule has 3 heterocycles. The van der Waals surface area contributed by atoms with Gasteiger partial charge in [0.25, 0.3) is 5.91 Å². The van der Waals surface area contributed by atoms with Crippen molar-refractivity contribution in [2.24, 2.45) is 0 Å². The number of hydrogen-bond donors (Lipinski definition) is 1. The van der Waals surface area contributed by atoms with Crippen LogP contribution in [0.3, 0.4) is 0 Å². The molecule has 1 fully saturated rings. The molecular formula is C19H22N2O4S. The van der Waals surface area contributed by atoms with E-state index < -0.39 is 6.10 Å². The van der Waals surface area contributed by atoms with E-state index in [2.05, 4.69) is 21.7 Å². The van der Waals surface area contributed by atoms with Gasteiger partial charge in [0.1, 0.15) is 6.61 Å². The van der Waals surface area contributed by atoms with E-state index in [-0.39, 0.29) is 18.6 Å². The van der Waals surface area contributed by atoms with Gasteiger partial charge in [-0.25, -0.2) is 0 Å². The maximum atomic E-state index is 12.6. The molecule has 26 heavy (non-hydrogen) atoms. The molecule has 0 radical (unpaired) electrons. The van der Waals surface area contributed by atoms with Gasteiger partial charge in [0.15, 0.2) is 11.5 Å². The van der Waals surface area contributed by atoms with E-state index in [4.69, 9.17) is 14.2 Å².